The van der Waals surface area contributed by atoms with Crippen molar-refractivity contribution in [2.45, 2.75) is 25.0 Å². The molecular weight excluding hydrogens is 543 g/mol. The molecule has 1 unspecified atom stereocenters. The van der Waals surface area contributed by atoms with Gasteiger partial charge in [0.05, 0.1) is 19.0 Å². The number of nitrogens with one attached hydrogen (secondary N) is 1. The van der Waals surface area contributed by atoms with Crippen molar-refractivity contribution in [3.05, 3.63) is 10.2 Å². The van der Waals surface area contributed by atoms with Gasteiger partial charge in [-0.05, 0) is 18.8 Å². The molecule has 5 N–H and O–H groups in total. The minimum atomic E-state index is -4.82. The third kappa shape index (κ3) is 4.10. The molecule has 2 aromatic rings. The highest BCUT2D eigenvalue weighted by Crippen LogP contribution is 2.71. The van der Waals surface area contributed by atoms with Crippen molar-refractivity contribution in [1.29, 1.82) is 0 Å². The normalized spacial score (nSPS) is 29.2. The molecule has 0 aromatic carbocycles. The highest BCUT2D eigenvalue weighted by atomic mass is 127. The molecule has 13 nitrogen and oxygen atoms in total. The number of hydrogen-bond acceptors (Lipinski definition) is 8. The van der Waals surface area contributed by atoms with Gasteiger partial charge >= 0.3 is 15.6 Å². The van der Waals surface area contributed by atoms with E-state index in [1.165, 1.54) is 0 Å². The second-order valence-electron chi connectivity index (χ2n) is 7.11. The largest absolute Gasteiger partial charge is 0.469 e. The molecule has 29 heavy (non-hydrogen) atoms. The van der Waals surface area contributed by atoms with E-state index in [4.69, 9.17) is 14.3 Å². The average Bonchev–Trinajstić information content (AvgIpc) is 3.07. The van der Waals surface area contributed by atoms with E-state index < -0.39 is 27.2 Å². The number of aromatic nitrogens is 4. The smallest absolute Gasteiger partial charge is 0.371 e. The zero-order valence-corrected chi connectivity index (χ0v) is 18.9. The lowest BCUT2D eigenvalue weighted by molar-refractivity contribution is 0.0499. The molecule has 0 radical (unpaired) electrons. The van der Waals surface area contributed by atoms with Crippen LogP contribution in [-0.4, -0.2) is 58.9 Å². The summed E-state index contributed by atoms with van der Waals surface area (Å²) in [6, 6.07) is -0.285. The van der Waals surface area contributed by atoms with E-state index in [9.17, 15) is 18.9 Å². The van der Waals surface area contributed by atoms with Crippen LogP contribution in [0.15, 0.2) is 6.33 Å². The van der Waals surface area contributed by atoms with Gasteiger partial charge in [0.15, 0.2) is 20.8 Å². The van der Waals surface area contributed by atoms with Crippen molar-refractivity contribution in [3.8, 4) is 0 Å². The van der Waals surface area contributed by atoms with Crippen LogP contribution in [-0.2, 0) is 18.2 Å². The number of phosphoric acid groups is 2. The van der Waals surface area contributed by atoms with Gasteiger partial charge in [0, 0.05) is 41.1 Å². The fraction of sp³-hybridized carbons (Fsp3) is 0.615. The summed E-state index contributed by atoms with van der Waals surface area (Å²) < 4.78 is 34.6. The molecule has 2 fully saturated rings. The van der Waals surface area contributed by atoms with Gasteiger partial charge in [0.2, 0.25) is 0 Å². The Balaban J connectivity index is 1.70. The topological polar surface area (TPSA) is 189 Å². The number of anilines is 1. The predicted molar refractivity (Wildman–Crippen MR) is 107 cm³/mol. The van der Waals surface area contributed by atoms with E-state index in [0.717, 1.165) is 0 Å². The molecule has 16 heteroatoms. The molecule has 0 aliphatic heterocycles. The van der Waals surface area contributed by atoms with Crippen molar-refractivity contribution in [1.82, 2.24) is 19.5 Å². The van der Waals surface area contributed by atoms with Crippen LogP contribution in [0.25, 0.3) is 11.2 Å². The Morgan fingerprint density at radius 1 is 1.31 bits per heavy atom. The Bertz CT molecular complexity index is 1060. The average molecular weight is 561 g/mol. The van der Waals surface area contributed by atoms with E-state index in [1.54, 1.807) is 17.9 Å². The first-order chi connectivity index (χ1) is 13.4. The number of hydrogen-bond donors (Lipinski definition) is 5. The Kier molecular flexibility index (Phi) is 5.33. The summed E-state index contributed by atoms with van der Waals surface area (Å²) >= 11 is 1.98. The molecular formula is C13H18IN5O8P2. The van der Waals surface area contributed by atoms with Crippen molar-refractivity contribution in [2.24, 2.45) is 11.3 Å². The highest BCUT2D eigenvalue weighted by molar-refractivity contribution is 14.1. The van der Waals surface area contributed by atoms with Gasteiger partial charge in [0.1, 0.15) is 0 Å². The lowest BCUT2D eigenvalue weighted by atomic mass is 10.0. The fourth-order valence-electron chi connectivity index (χ4n) is 4.25. The van der Waals surface area contributed by atoms with Crippen LogP contribution in [0.3, 0.4) is 0 Å². The molecule has 0 spiro atoms. The van der Waals surface area contributed by atoms with E-state index in [-0.39, 0.29) is 25.0 Å². The second-order valence-corrected chi connectivity index (χ2v) is 10.5. The van der Waals surface area contributed by atoms with Crippen LogP contribution in [0.2, 0.25) is 0 Å². The number of halogens is 1. The van der Waals surface area contributed by atoms with Crippen LogP contribution in [0, 0.1) is 15.2 Å². The number of rotatable bonds is 7. The van der Waals surface area contributed by atoms with Crippen LogP contribution in [0.1, 0.15) is 18.9 Å². The molecule has 4 rings (SSSR count). The lowest BCUT2D eigenvalue weighted by Gasteiger charge is -2.24. The molecule has 2 aromatic heterocycles. The standard InChI is InChI=1S/C13H18IN5O8P2/c1-15-10-9-11(18-12(14)17-10)19(5-16-9)7-2-8(27-29(23,24)25)13(3-6(7)13)4-26-28(20,21)22/h5-8H,2-4H2,1H3,(H,15,17,18)(H2,20,21,22)(H2,23,24,25)/t6-,7?,8+,13+/m1/s1. The van der Waals surface area contributed by atoms with Crippen molar-refractivity contribution in [2.75, 3.05) is 19.0 Å². The van der Waals surface area contributed by atoms with Crippen LogP contribution in [0.5, 0.6) is 0 Å². The minimum absolute atomic E-state index is 0.173. The maximum atomic E-state index is 11.5. The van der Waals surface area contributed by atoms with Gasteiger partial charge in [-0.25, -0.2) is 24.1 Å². The monoisotopic (exact) mass is 561 g/mol. The maximum Gasteiger partial charge on any atom is 0.469 e. The minimum Gasteiger partial charge on any atom is -0.371 e. The number of nitrogens with zero attached hydrogens (tertiary/aromatic N) is 4. The summed E-state index contributed by atoms with van der Waals surface area (Å²) in [5.41, 5.74) is 0.187. The van der Waals surface area contributed by atoms with E-state index >= 15 is 0 Å². The second kappa shape index (κ2) is 7.18. The van der Waals surface area contributed by atoms with Crippen molar-refractivity contribution in [3.63, 3.8) is 0 Å². The van der Waals surface area contributed by atoms with Gasteiger partial charge in [0.25, 0.3) is 0 Å². The summed E-state index contributed by atoms with van der Waals surface area (Å²) in [4.78, 5) is 49.8. The summed E-state index contributed by atoms with van der Waals surface area (Å²) in [5.74, 6) is 0.375. The first kappa shape index (κ1) is 21.5. The first-order valence-electron chi connectivity index (χ1n) is 8.45. The predicted octanol–water partition coefficient (Wildman–Crippen LogP) is 1.01. The van der Waals surface area contributed by atoms with Crippen LogP contribution in [0.4, 0.5) is 5.82 Å². The number of imidazole rings is 1. The SMILES string of the molecule is CNc1nc(I)nc2c1ncn2C1C[C@H](OP(=O)(O)O)[C@]2(COP(=O)(O)O)C[C@H]12. The quantitative estimate of drug-likeness (QED) is 0.184. The number of phosphoric ester groups is 2. The van der Waals surface area contributed by atoms with Gasteiger partial charge in [-0.1, -0.05) is 0 Å². The van der Waals surface area contributed by atoms with Crippen LogP contribution >= 0.6 is 38.2 Å². The van der Waals surface area contributed by atoms with Crippen LogP contribution < -0.4 is 5.32 Å². The summed E-state index contributed by atoms with van der Waals surface area (Å²) in [7, 11) is -7.85. The van der Waals surface area contributed by atoms with Crippen molar-refractivity contribution < 1.29 is 37.8 Å². The first-order valence-corrected chi connectivity index (χ1v) is 12.6. The van der Waals surface area contributed by atoms with Gasteiger partial charge in [-0.15, -0.1) is 0 Å². The number of fused-ring (bicyclic) bond motifs is 2. The Labute approximate surface area is 177 Å². The molecule has 0 amide bonds. The fourth-order valence-corrected chi connectivity index (χ4v) is 5.76. The molecule has 4 atom stereocenters. The third-order valence-electron chi connectivity index (χ3n) is 5.49. The summed E-state index contributed by atoms with van der Waals surface area (Å²) in [6.45, 7) is -0.371. The zero-order valence-electron chi connectivity index (χ0n) is 14.9. The highest BCUT2D eigenvalue weighted by Gasteiger charge is 2.70. The molecule has 0 bridgehead atoms. The summed E-state index contributed by atoms with van der Waals surface area (Å²) in [6.07, 6.45) is 1.28. The molecule has 160 valence electrons. The van der Waals surface area contributed by atoms with E-state index in [2.05, 4.69) is 24.8 Å². The zero-order chi connectivity index (χ0) is 21.2. The molecule has 2 saturated carbocycles. The third-order valence-corrected chi connectivity index (χ3v) is 6.97. The van der Waals surface area contributed by atoms with E-state index in [0.29, 0.717) is 27.2 Å². The summed E-state index contributed by atoms with van der Waals surface area (Å²) in [5, 5.41) is 2.95. The van der Waals surface area contributed by atoms with Crippen molar-refractivity contribution >= 4 is 55.2 Å². The molecule has 0 saturated heterocycles. The maximum absolute atomic E-state index is 11.5. The van der Waals surface area contributed by atoms with E-state index in [1.807, 2.05) is 22.6 Å². The van der Waals surface area contributed by atoms with Gasteiger partial charge in [-0.2, -0.15) is 0 Å². The Morgan fingerprint density at radius 3 is 2.66 bits per heavy atom. The molecule has 2 aliphatic rings. The van der Waals surface area contributed by atoms with Gasteiger partial charge in [-0.3, -0.25) is 9.05 Å². The Morgan fingerprint density at radius 2 is 2.03 bits per heavy atom. The molecule has 2 aliphatic carbocycles. The van der Waals surface area contributed by atoms with Gasteiger partial charge < -0.3 is 29.5 Å². The molecule has 2 heterocycles. The lowest BCUT2D eigenvalue weighted by Crippen LogP contribution is -2.26. The Hall–Kier alpha value is -0.700.